The zero-order valence-electron chi connectivity index (χ0n) is 28.0. The molecule has 0 fully saturated rings. The number of ether oxygens (including phenoxy) is 2. The molecule has 0 aliphatic rings. The number of para-hydroxylation sites is 2. The smallest absolute Gasteiger partial charge is 0.162 e. The predicted octanol–water partition coefficient (Wildman–Crippen LogP) is 7.31. The molecule has 0 bridgehead atoms. The summed E-state index contributed by atoms with van der Waals surface area (Å²) < 4.78 is 10.6. The maximum Gasteiger partial charge on any atom is 0.162 e. The second-order valence-corrected chi connectivity index (χ2v) is 8.87. The molecule has 0 saturated heterocycles. The zero-order chi connectivity index (χ0) is 32.3. The summed E-state index contributed by atoms with van der Waals surface area (Å²) in [5.74, 6) is 2.03. The third kappa shape index (κ3) is 12.0. The van der Waals surface area contributed by atoms with Crippen LogP contribution in [0.4, 0.5) is 17.2 Å². The van der Waals surface area contributed by atoms with Crippen LogP contribution in [0.25, 0.3) is 21.8 Å². The van der Waals surface area contributed by atoms with Crippen molar-refractivity contribution in [3.8, 4) is 11.5 Å². The Labute approximate surface area is 272 Å². The summed E-state index contributed by atoms with van der Waals surface area (Å²) in [6.45, 7) is 12.2. The van der Waals surface area contributed by atoms with Gasteiger partial charge in [-0.1, -0.05) is 64.1 Å². The largest absolute Gasteiger partial charge is 0.493 e. The van der Waals surface area contributed by atoms with Gasteiger partial charge in [-0.25, -0.2) is 19.9 Å². The molecule has 0 radical (unpaired) electrons. The van der Waals surface area contributed by atoms with Crippen LogP contribution in [0.2, 0.25) is 0 Å². The number of aryl methyl sites for hydroxylation is 2. The summed E-state index contributed by atoms with van der Waals surface area (Å²) in [5.41, 5.74) is 11.5. The summed E-state index contributed by atoms with van der Waals surface area (Å²) in [6.07, 6.45) is 4.95. The lowest BCUT2D eigenvalue weighted by Crippen LogP contribution is -1.97. The van der Waals surface area contributed by atoms with Crippen molar-refractivity contribution >= 4 is 39.0 Å². The van der Waals surface area contributed by atoms with Crippen molar-refractivity contribution in [1.29, 1.82) is 0 Å². The van der Waals surface area contributed by atoms with Gasteiger partial charge < -0.3 is 31.5 Å². The first-order chi connectivity index (χ1) is 21.5. The molecular formula is C36H48N6O4. The van der Waals surface area contributed by atoms with Crippen molar-refractivity contribution in [1.82, 2.24) is 19.9 Å². The number of hydrogen-bond donors (Lipinski definition) is 2. The Morgan fingerprint density at radius 3 is 1.74 bits per heavy atom. The van der Waals surface area contributed by atoms with E-state index in [-0.39, 0.29) is 11.0 Å². The van der Waals surface area contributed by atoms with Gasteiger partial charge in [-0.3, -0.25) is 0 Å². The lowest BCUT2D eigenvalue weighted by molar-refractivity contribution is 0.356. The second kappa shape index (κ2) is 22.2. The van der Waals surface area contributed by atoms with Crippen molar-refractivity contribution in [2.24, 2.45) is 0 Å². The molecule has 0 atom stereocenters. The molecule has 0 aliphatic carbocycles. The summed E-state index contributed by atoms with van der Waals surface area (Å²) in [5, 5.41) is 5.27. The van der Waals surface area contributed by atoms with E-state index in [1.165, 1.54) is 17.5 Å². The first-order valence-electron chi connectivity index (χ1n) is 14.6. The van der Waals surface area contributed by atoms with Crippen LogP contribution in [0.5, 0.6) is 11.5 Å². The van der Waals surface area contributed by atoms with Crippen molar-refractivity contribution in [3.05, 3.63) is 115 Å². The van der Waals surface area contributed by atoms with E-state index >= 15 is 0 Å². The first-order valence-corrected chi connectivity index (χ1v) is 14.6. The Balaban J connectivity index is 0.000000687. The van der Waals surface area contributed by atoms with Gasteiger partial charge in [-0.15, -0.1) is 0 Å². The van der Waals surface area contributed by atoms with Gasteiger partial charge in [0.15, 0.2) is 11.5 Å². The van der Waals surface area contributed by atoms with Gasteiger partial charge in [0.25, 0.3) is 0 Å². The summed E-state index contributed by atoms with van der Waals surface area (Å²) in [4.78, 5) is 16.7. The van der Waals surface area contributed by atoms with E-state index < -0.39 is 0 Å². The van der Waals surface area contributed by atoms with Crippen molar-refractivity contribution in [3.63, 3.8) is 0 Å². The molecule has 6 aromatic rings. The fourth-order valence-corrected chi connectivity index (χ4v) is 3.84. The molecule has 46 heavy (non-hydrogen) atoms. The topological polar surface area (TPSA) is 171 Å². The van der Waals surface area contributed by atoms with Crippen molar-refractivity contribution in [2.45, 2.75) is 41.5 Å². The van der Waals surface area contributed by atoms with E-state index in [0.717, 1.165) is 39.0 Å². The minimum atomic E-state index is 0. The minimum Gasteiger partial charge on any atom is -0.493 e. The molecule has 0 aliphatic heterocycles. The van der Waals surface area contributed by atoms with Crippen LogP contribution in [0, 0.1) is 13.8 Å². The first kappa shape index (κ1) is 40.7. The standard InChI is InChI=1S/C16H15N3O2.C10H10N2.C6H7N.2C2H6.2H2O/c1-20-14-8-12-13(9-15(14)21-2)17-10-18-16(12)19-11-6-4-3-5-7-11;1-7-3-9-5-11-6-12-10(9)4-8(7)2;7-6-4-2-1-3-5-6;2*1-2;;/h3-10H,1-2H3,(H,17,18,19);3-6H,1-2H3;1-5H,7H2;2*1-2H3;2*1H2. The molecule has 246 valence electrons. The number of aromatic nitrogens is 4. The van der Waals surface area contributed by atoms with E-state index in [1.807, 2.05) is 107 Å². The maximum atomic E-state index is 5.36. The second-order valence-electron chi connectivity index (χ2n) is 8.87. The highest BCUT2D eigenvalue weighted by Crippen LogP contribution is 2.34. The lowest BCUT2D eigenvalue weighted by Gasteiger charge is -2.12. The number of nitrogens with one attached hydrogen (secondary N) is 1. The van der Waals surface area contributed by atoms with Gasteiger partial charge in [-0.2, -0.15) is 0 Å². The third-order valence-corrected chi connectivity index (χ3v) is 6.10. The Morgan fingerprint density at radius 1 is 0.630 bits per heavy atom. The number of hydrogen-bond acceptors (Lipinski definition) is 8. The van der Waals surface area contributed by atoms with E-state index in [9.17, 15) is 0 Å². The highest BCUT2D eigenvalue weighted by molar-refractivity contribution is 5.93. The van der Waals surface area contributed by atoms with Gasteiger partial charge in [0.2, 0.25) is 0 Å². The molecule has 0 amide bonds. The SMILES string of the molecule is CC.CC.COc1cc2ncnc(Nc3ccccc3)c2cc1OC.Cc1cc2cncnc2cc1C.Nc1ccccc1.O.O. The van der Waals surface area contributed by atoms with Gasteiger partial charge in [0.1, 0.15) is 18.5 Å². The van der Waals surface area contributed by atoms with Gasteiger partial charge in [-0.05, 0) is 67.4 Å². The molecule has 7 N–H and O–H groups in total. The van der Waals surface area contributed by atoms with Gasteiger partial charge in [0, 0.05) is 34.4 Å². The number of nitrogens with two attached hydrogens (primary N) is 1. The fourth-order valence-electron chi connectivity index (χ4n) is 3.84. The molecule has 0 unspecified atom stereocenters. The summed E-state index contributed by atoms with van der Waals surface area (Å²) >= 11 is 0. The highest BCUT2D eigenvalue weighted by Gasteiger charge is 2.11. The van der Waals surface area contributed by atoms with Crippen LogP contribution in [-0.2, 0) is 0 Å². The Kier molecular flexibility index (Phi) is 19.7. The van der Waals surface area contributed by atoms with Crippen LogP contribution in [0.1, 0.15) is 38.8 Å². The molecule has 6 rings (SSSR count). The minimum absolute atomic E-state index is 0. The van der Waals surface area contributed by atoms with E-state index in [1.54, 1.807) is 20.5 Å². The number of anilines is 3. The summed E-state index contributed by atoms with van der Waals surface area (Å²) in [6, 6.07) is 27.3. The van der Waals surface area contributed by atoms with Crippen LogP contribution in [0.3, 0.4) is 0 Å². The van der Waals surface area contributed by atoms with Crippen LogP contribution >= 0.6 is 0 Å². The number of methoxy groups -OCH3 is 2. The molecule has 4 aromatic carbocycles. The van der Waals surface area contributed by atoms with Gasteiger partial charge in [0.05, 0.1) is 25.3 Å². The van der Waals surface area contributed by atoms with E-state index in [2.05, 4.69) is 51.2 Å². The zero-order valence-corrected chi connectivity index (χ0v) is 28.0. The monoisotopic (exact) mass is 628 g/mol. The molecule has 0 saturated carbocycles. The maximum absolute atomic E-state index is 5.36. The molecule has 0 spiro atoms. The molecule has 2 heterocycles. The Bertz CT molecular complexity index is 1650. The van der Waals surface area contributed by atoms with Crippen LogP contribution < -0.4 is 20.5 Å². The molecular weight excluding hydrogens is 580 g/mol. The highest BCUT2D eigenvalue weighted by atomic mass is 16.5. The Morgan fingerprint density at radius 2 is 1.17 bits per heavy atom. The average molecular weight is 629 g/mol. The Hall–Kier alpha value is -5.32. The number of benzene rings is 4. The number of fused-ring (bicyclic) bond motifs is 2. The lowest BCUT2D eigenvalue weighted by atomic mass is 10.1. The molecule has 10 heteroatoms. The average Bonchev–Trinajstić information content (AvgIpc) is 3.08. The quantitative estimate of drug-likeness (QED) is 0.191. The normalized spacial score (nSPS) is 9.04. The molecule has 10 nitrogen and oxygen atoms in total. The number of nitrogens with zero attached hydrogens (tertiary/aromatic N) is 4. The number of nitrogen functional groups attached to an aromatic ring is 1. The van der Waals surface area contributed by atoms with Gasteiger partial charge >= 0.3 is 0 Å². The van der Waals surface area contributed by atoms with E-state index in [0.29, 0.717) is 11.5 Å². The third-order valence-electron chi connectivity index (χ3n) is 6.10. The van der Waals surface area contributed by atoms with Crippen molar-refractivity contribution in [2.75, 3.05) is 25.3 Å². The fraction of sp³-hybridized carbons (Fsp3) is 0.222. The van der Waals surface area contributed by atoms with Crippen LogP contribution in [0.15, 0.2) is 104 Å². The molecule has 2 aromatic heterocycles. The number of rotatable bonds is 4. The van der Waals surface area contributed by atoms with Crippen LogP contribution in [-0.4, -0.2) is 45.1 Å². The van der Waals surface area contributed by atoms with E-state index in [4.69, 9.17) is 15.2 Å². The summed E-state index contributed by atoms with van der Waals surface area (Å²) in [7, 11) is 3.21. The van der Waals surface area contributed by atoms with Crippen molar-refractivity contribution < 1.29 is 20.4 Å². The predicted molar refractivity (Wildman–Crippen MR) is 192 cm³/mol.